The van der Waals surface area contributed by atoms with Gasteiger partial charge < -0.3 is 20.9 Å². The van der Waals surface area contributed by atoms with Crippen molar-refractivity contribution in [2.75, 3.05) is 39.3 Å². The number of unbranched alkanes of at least 4 members (excludes halogenated alkanes) is 2. The first-order chi connectivity index (χ1) is 12.8. The summed E-state index contributed by atoms with van der Waals surface area (Å²) in [6, 6.07) is 0. The molecule has 3 N–H and O–H groups in total. The van der Waals surface area contributed by atoms with E-state index in [0.29, 0.717) is 57.4 Å². The minimum absolute atomic E-state index is 0.196. The largest absolute Gasteiger partial charge is 0.370 e. The number of amides is 2. The quantitative estimate of drug-likeness (QED) is 0.262. The smallest absolute Gasteiger partial charge is 0.222 e. The molecule has 0 aromatic carbocycles. The molecule has 7 nitrogen and oxygen atoms in total. The van der Waals surface area contributed by atoms with E-state index in [1.807, 2.05) is 16.7 Å². The van der Waals surface area contributed by atoms with Crippen LogP contribution in [0.2, 0.25) is 0 Å². The maximum atomic E-state index is 12.3. The van der Waals surface area contributed by atoms with Crippen LogP contribution in [0, 0.1) is 5.92 Å². The zero-order valence-corrected chi connectivity index (χ0v) is 17.3. The molecule has 7 heteroatoms. The number of guanidine groups is 1. The summed E-state index contributed by atoms with van der Waals surface area (Å²) in [6.07, 6.45) is 3.95. The number of nitrogens with one attached hydrogen (secondary N) is 1. The van der Waals surface area contributed by atoms with Gasteiger partial charge in [0.2, 0.25) is 11.8 Å². The topological polar surface area (TPSA) is 91.0 Å². The van der Waals surface area contributed by atoms with Crippen molar-refractivity contribution in [2.45, 2.75) is 52.9 Å². The molecule has 0 aromatic rings. The van der Waals surface area contributed by atoms with E-state index in [1.165, 1.54) is 0 Å². The number of hydrogen-bond acceptors (Lipinski definition) is 3. The molecule has 154 valence electrons. The minimum Gasteiger partial charge on any atom is -0.370 e. The zero-order valence-electron chi connectivity index (χ0n) is 17.3. The number of rotatable bonds is 10. The molecule has 0 saturated carbocycles. The number of aliphatic imine (C=N–C) groups is 1. The van der Waals surface area contributed by atoms with Crippen LogP contribution in [0.15, 0.2) is 17.1 Å². The summed E-state index contributed by atoms with van der Waals surface area (Å²) in [5.74, 6) is 1.22. The predicted octanol–water partition coefficient (Wildman–Crippen LogP) is 1.74. The summed E-state index contributed by atoms with van der Waals surface area (Å²) in [4.78, 5) is 32.3. The van der Waals surface area contributed by atoms with E-state index in [0.717, 1.165) is 31.4 Å². The maximum Gasteiger partial charge on any atom is 0.222 e. The molecule has 0 radical (unpaired) electrons. The molecule has 0 bridgehead atoms. The molecular weight excluding hydrogens is 342 g/mol. The third-order valence-corrected chi connectivity index (χ3v) is 4.46. The number of piperazine rings is 1. The number of nitrogens with two attached hydrogens (primary N) is 1. The molecule has 1 rings (SSSR count). The Morgan fingerprint density at radius 1 is 1.07 bits per heavy atom. The molecule has 1 aliphatic heterocycles. The van der Waals surface area contributed by atoms with Crippen molar-refractivity contribution in [1.82, 2.24) is 15.1 Å². The third-order valence-electron chi connectivity index (χ3n) is 4.46. The van der Waals surface area contributed by atoms with Gasteiger partial charge in [-0.05, 0) is 25.7 Å². The number of carbonyl (C=O) groups is 2. The van der Waals surface area contributed by atoms with E-state index in [1.54, 1.807) is 0 Å². The molecule has 2 amide bonds. The van der Waals surface area contributed by atoms with Crippen molar-refractivity contribution in [3.8, 4) is 0 Å². The second kappa shape index (κ2) is 12.4. The van der Waals surface area contributed by atoms with Crippen LogP contribution >= 0.6 is 0 Å². The summed E-state index contributed by atoms with van der Waals surface area (Å²) in [5, 5.41) is 3.07. The van der Waals surface area contributed by atoms with Gasteiger partial charge in [0.05, 0.1) is 6.54 Å². The Morgan fingerprint density at radius 3 is 2.22 bits per heavy atom. The Kier molecular flexibility index (Phi) is 10.5. The van der Waals surface area contributed by atoms with E-state index in [9.17, 15) is 9.59 Å². The molecule has 0 aromatic heterocycles. The lowest BCUT2D eigenvalue weighted by Gasteiger charge is -2.35. The Morgan fingerprint density at radius 2 is 1.67 bits per heavy atom. The molecule has 0 unspecified atom stereocenters. The average molecular weight is 380 g/mol. The highest BCUT2D eigenvalue weighted by Gasteiger charge is 2.23. The van der Waals surface area contributed by atoms with Crippen molar-refractivity contribution >= 4 is 17.8 Å². The van der Waals surface area contributed by atoms with Crippen molar-refractivity contribution in [1.29, 1.82) is 0 Å². The Balaban J connectivity index is 2.12. The predicted molar refractivity (Wildman–Crippen MR) is 110 cm³/mol. The van der Waals surface area contributed by atoms with E-state index in [2.05, 4.69) is 30.7 Å². The fourth-order valence-corrected chi connectivity index (χ4v) is 2.91. The summed E-state index contributed by atoms with van der Waals surface area (Å²) in [6.45, 7) is 13.7. The second-order valence-corrected chi connectivity index (χ2v) is 7.76. The highest BCUT2D eigenvalue weighted by molar-refractivity contribution is 5.78. The average Bonchev–Trinajstić information content (AvgIpc) is 2.62. The van der Waals surface area contributed by atoms with Crippen LogP contribution < -0.4 is 11.1 Å². The van der Waals surface area contributed by atoms with Crippen LogP contribution in [0.1, 0.15) is 52.9 Å². The van der Waals surface area contributed by atoms with Crippen molar-refractivity contribution < 1.29 is 9.59 Å². The van der Waals surface area contributed by atoms with Crippen LogP contribution in [0.5, 0.6) is 0 Å². The molecule has 1 aliphatic rings. The summed E-state index contributed by atoms with van der Waals surface area (Å²) < 4.78 is 0. The van der Waals surface area contributed by atoms with Gasteiger partial charge in [-0.2, -0.15) is 0 Å². The molecule has 1 heterocycles. The van der Waals surface area contributed by atoms with E-state index < -0.39 is 0 Å². The normalized spacial score (nSPS) is 15.2. The van der Waals surface area contributed by atoms with E-state index in [4.69, 9.17) is 5.73 Å². The molecule has 0 spiro atoms. The van der Waals surface area contributed by atoms with Crippen molar-refractivity contribution in [2.24, 2.45) is 16.6 Å². The minimum atomic E-state index is 0.196. The first-order valence-electron chi connectivity index (χ1n) is 10.0. The lowest BCUT2D eigenvalue weighted by atomic mass is 10.1. The molecule has 27 heavy (non-hydrogen) atoms. The monoisotopic (exact) mass is 379 g/mol. The maximum absolute atomic E-state index is 12.3. The van der Waals surface area contributed by atoms with Gasteiger partial charge in [0.15, 0.2) is 5.96 Å². The SMILES string of the molecule is C=C(C)CN=C(N)NCCCCCC(=O)N1CCN(C(=O)CC(C)C)CC1. The summed E-state index contributed by atoms with van der Waals surface area (Å²) >= 11 is 0. The van der Waals surface area contributed by atoms with Crippen molar-refractivity contribution in [3.05, 3.63) is 12.2 Å². The first kappa shape index (κ1) is 23.0. The fraction of sp³-hybridized carbons (Fsp3) is 0.750. The lowest BCUT2D eigenvalue weighted by Crippen LogP contribution is -2.50. The second-order valence-electron chi connectivity index (χ2n) is 7.76. The number of carbonyl (C=O) groups excluding carboxylic acids is 2. The van der Waals surface area contributed by atoms with E-state index in [-0.39, 0.29) is 11.8 Å². The van der Waals surface area contributed by atoms with Gasteiger partial charge in [-0.25, -0.2) is 4.99 Å². The fourth-order valence-electron chi connectivity index (χ4n) is 2.91. The Bertz CT molecular complexity index is 522. The van der Waals surface area contributed by atoms with Gasteiger partial charge >= 0.3 is 0 Å². The molecule has 0 atom stereocenters. The highest BCUT2D eigenvalue weighted by atomic mass is 16.2. The lowest BCUT2D eigenvalue weighted by molar-refractivity contribution is -0.140. The van der Waals surface area contributed by atoms with Crippen LogP contribution in [-0.4, -0.2) is 66.8 Å². The summed E-state index contributed by atoms with van der Waals surface area (Å²) in [7, 11) is 0. The highest BCUT2D eigenvalue weighted by Crippen LogP contribution is 2.10. The van der Waals surface area contributed by atoms with Crippen LogP contribution in [-0.2, 0) is 9.59 Å². The van der Waals surface area contributed by atoms with E-state index >= 15 is 0 Å². The van der Waals surface area contributed by atoms with Gasteiger partial charge in [-0.3, -0.25) is 9.59 Å². The molecular formula is C20H37N5O2. The van der Waals surface area contributed by atoms with Gasteiger partial charge in [-0.15, -0.1) is 0 Å². The summed E-state index contributed by atoms with van der Waals surface area (Å²) in [5.41, 5.74) is 6.73. The van der Waals surface area contributed by atoms with Crippen LogP contribution in [0.25, 0.3) is 0 Å². The molecule has 1 fully saturated rings. The van der Waals surface area contributed by atoms with Gasteiger partial charge in [0.1, 0.15) is 0 Å². The van der Waals surface area contributed by atoms with Crippen LogP contribution in [0.4, 0.5) is 0 Å². The molecule has 0 aliphatic carbocycles. The van der Waals surface area contributed by atoms with Crippen molar-refractivity contribution in [3.63, 3.8) is 0 Å². The third kappa shape index (κ3) is 10.0. The first-order valence-corrected chi connectivity index (χ1v) is 10.0. The van der Waals surface area contributed by atoms with Gasteiger partial charge in [-0.1, -0.05) is 32.4 Å². The van der Waals surface area contributed by atoms with Crippen LogP contribution in [0.3, 0.4) is 0 Å². The van der Waals surface area contributed by atoms with Gasteiger partial charge in [0, 0.05) is 45.6 Å². The zero-order chi connectivity index (χ0) is 20.2. The van der Waals surface area contributed by atoms with Gasteiger partial charge in [0.25, 0.3) is 0 Å². The number of nitrogens with zero attached hydrogens (tertiary/aromatic N) is 3. The number of hydrogen-bond donors (Lipinski definition) is 2. The molecule has 1 saturated heterocycles. The Hall–Kier alpha value is -2.05. The standard InChI is InChI=1S/C20H37N5O2/c1-16(2)14-19(27)25-12-10-24(11-13-25)18(26)8-6-5-7-9-22-20(21)23-15-17(3)4/h16H,3,5-15H2,1-2,4H3,(H3,21,22,23). The Labute approximate surface area is 164 Å².